The molecule has 4 rings (SSSR count). The third kappa shape index (κ3) is 5.20. The maximum absolute atomic E-state index is 12.8. The highest BCUT2D eigenvalue weighted by Gasteiger charge is 2.36. The normalized spacial score (nSPS) is 26.0. The van der Waals surface area contributed by atoms with E-state index in [2.05, 4.69) is 10.2 Å². The fourth-order valence-electron chi connectivity index (χ4n) is 5.66. The van der Waals surface area contributed by atoms with Crippen LogP contribution in [0.2, 0.25) is 0 Å². The number of nitrogens with one attached hydrogen (secondary N) is 1. The number of amides is 2. The van der Waals surface area contributed by atoms with Crippen molar-refractivity contribution < 1.29 is 19.1 Å². The van der Waals surface area contributed by atoms with E-state index in [1.54, 1.807) is 14.2 Å². The summed E-state index contributed by atoms with van der Waals surface area (Å²) in [6.45, 7) is 4.29. The third-order valence-corrected chi connectivity index (χ3v) is 7.47. The van der Waals surface area contributed by atoms with E-state index in [1.165, 1.54) is 45.2 Å². The van der Waals surface area contributed by atoms with Gasteiger partial charge in [-0.25, -0.2) is 0 Å². The van der Waals surface area contributed by atoms with Crippen molar-refractivity contribution in [3.05, 3.63) is 23.8 Å². The molecule has 0 radical (unpaired) electrons. The average Bonchev–Trinajstić information content (AvgIpc) is 3.21. The zero-order chi connectivity index (χ0) is 22.5. The first-order valence-corrected chi connectivity index (χ1v) is 12.1. The topological polar surface area (TPSA) is 71.1 Å². The van der Waals surface area contributed by atoms with Crippen molar-refractivity contribution in [2.45, 2.75) is 51.0 Å². The maximum Gasteiger partial charge on any atom is 0.225 e. The number of rotatable bonds is 8. The number of carbonyl (C=O) groups excluding carboxylic acids is 2. The maximum atomic E-state index is 12.8. The molecule has 0 bridgehead atoms. The Morgan fingerprint density at radius 2 is 1.91 bits per heavy atom. The van der Waals surface area contributed by atoms with Gasteiger partial charge in [0.15, 0.2) is 11.5 Å². The van der Waals surface area contributed by atoms with E-state index in [0.717, 1.165) is 18.5 Å². The summed E-state index contributed by atoms with van der Waals surface area (Å²) in [6, 6.07) is 6.45. The lowest BCUT2D eigenvalue weighted by Gasteiger charge is -2.44. The van der Waals surface area contributed by atoms with Gasteiger partial charge < -0.3 is 24.6 Å². The van der Waals surface area contributed by atoms with Crippen LogP contribution in [0.25, 0.3) is 0 Å². The molecule has 7 heteroatoms. The molecule has 3 saturated heterocycles. The van der Waals surface area contributed by atoms with Gasteiger partial charge in [-0.1, -0.05) is 12.5 Å². The van der Waals surface area contributed by atoms with Gasteiger partial charge in [0.05, 0.1) is 20.1 Å². The lowest BCUT2D eigenvalue weighted by molar-refractivity contribution is -0.129. The van der Waals surface area contributed by atoms with Gasteiger partial charge in [0, 0.05) is 32.1 Å². The van der Waals surface area contributed by atoms with Crippen LogP contribution in [0.15, 0.2) is 18.2 Å². The minimum atomic E-state index is -0.237. The number of likely N-dealkylation sites (tertiary alicyclic amines) is 1. The van der Waals surface area contributed by atoms with Crippen LogP contribution in [0.5, 0.6) is 11.5 Å². The zero-order valence-corrected chi connectivity index (χ0v) is 19.5. The number of hydrogen-bond acceptors (Lipinski definition) is 5. The van der Waals surface area contributed by atoms with Crippen molar-refractivity contribution in [2.75, 3.05) is 46.9 Å². The molecule has 3 fully saturated rings. The number of nitrogens with zero attached hydrogens (tertiary/aromatic N) is 2. The fourth-order valence-corrected chi connectivity index (χ4v) is 5.66. The second-order valence-corrected chi connectivity index (χ2v) is 9.43. The van der Waals surface area contributed by atoms with Crippen LogP contribution in [0.1, 0.15) is 44.1 Å². The van der Waals surface area contributed by atoms with E-state index in [9.17, 15) is 9.59 Å². The Bertz CT molecular complexity index is 812. The monoisotopic (exact) mass is 443 g/mol. The van der Waals surface area contributed by atoms with Gasteiger partial charge in [-0.3, -0.25) is 9.59 Å². The molecule has 3 atom stereocenters. The minimum Gasteiger partial charge on any atom is -0.493 e. The summed E-state index contributed by atoms with van der Waals surface area (Å²) in [6.07, 6.45) is 7.33. The van der Waals surface area contributed by atoms with E-state index < -0.39 is 0 Å². The fraction of sp³-hybridized carbons (Fsp3) is 0.680. The lowest BCUT2D eigenvalue weighted by Crippen LogP contribution is -2.51. The second kappa shape index (κ2) is 10.6. The third-order valence-electron chi connectivity index (χ3n) is 7.47. The van der Waals surface area contributed by atoms with Crippen LogP contribution in [0.4, 0.5) is 0 Å². The predicted octanol–water partition coefficient (Wildman–Crippen LogP) is 2.48. The SMILES string of the molecule is COc1ccc(CCN2C[C@@H](C(=O)NC[C@@H]3CCCN4CCCC[C@H]34)CC2=O)cc1OC. The molecule has 1 aromatic carbocycles. The van der Waals surface area contributed by atoms with Gasteiger partial charge in [0.25, 0.3) is 0 Å². The highest BCUT2D eigenvalue weighted by molar-refractivity contribution is 5.89. The molecule has 0 aromatic heterocycles. The molecular weight excluding hydrogens is 406 g/mol. The number of hydrogen-bond donors (Lipinski definition) is 1. The predicted molar refractivity (Wildman–Crippen MR) is 123 cm³/mol. The molecule has 0 saturated carbocycles. The first-order chi connectivity index (χ1) is 15.6. The van der Waals surface area contributed by atoms with E-state index in [0.29, 0.717) is 43.0 Å². The summed E-state index contributed by atoms with van der Waals surface area (Å²) in [5.41, 5.74) is 1.08. The van der Waals surface area contributed by atoms with Gasteiger partial charge in [-0.05, 0) is 68.8 Å². The molecule has 1 aromatic rings. The smallest absolute Gasteiger partial charge is 0.225 e. The van der Waals surface area contributed by atoms with Gasteiger partial charge in [-0.2, -0.15) is 0 Å². The molecule has 32 heavy (non-hydrogen) atoms. The summed E-state index contributed by atoms with van der Waals surface area (Å²) < 4.78 is 10.7. The summed E-state index contributed by atoms with van der Waals surface area (Å²) in [4.78, 5) is 29.8. The van der Waals surface area contributed by atoms with Gasteiger partial charge in [0.2, 0.25) is 11.8 Å². The number of carbonyl (C=O) groups is 2. The standard InChI is InChI=1S/C25H37N3O4/c1-31-22-9-8-18(14-23(22)32-2)10-13-28-17-20(15-24(28)29)25(30)26-16-19-6-5-12-27-11-4-3-7-21(19)27/h8-9,14,19-21H,3-7,10-13,15-17H2,1-2H3,(H,26,30)/t19-,20-,21+/m0/s1. The molecule has 2 amide bonds. The zero-order valence-electron chi connectivity index (χ0n) is 19.5. The van der Waals surface area contributed by atoms with Crippen LogP contribution in [-0.4, -0.2) is 74.6 Å². The van der Waals surface area contributed by atoms with Crippen molar-refractivity contribution in [3.8, 4) is 11.5 Å². The molecule has 0 aliphatic carbocycles. The van der Waals surface area contributed by atoms with E-state index in [4.69, 9.17) is 9.47 Å². The number of ether oxygens (including phenoxy) is 2. The Morgan fingerprint density at radius 3 is 2.72 bits per heavy atom. The minimum absolute atomic E-state index is 0.0416. The molecule has 3 heterocycles. The van der Waals surface area contributed by atoms with Crippen LogP contribution in [0.3, 0.4) is 0 Å². The summed E-state index contributed by atoms with van der Waals surface area (Å²) >= 11 is 0. The number of methoxy groups -OCH3 is 2. The van der Waals surface area contributed by atoms with Crippen molar-refractivity contribution in [1.29, 1.82) is 0 Å². The van der Waals surface area contributed by atoms with Crippen LogP contribution >= 0.6 is 0 Å². The quantitative estimate of drug-likeness (QED) is 0.668. The van der Waals surface area contributed by atoms with E-state index in [-0.39, 0.29) is 17.7 Å². The van der Waals surface area contributed by atoms with Crippen molar-refractivity contribution in [1.82, 2.24) is 15.1 Å². The van der Waals surface area contributed by atoms with Crippen molar-refractivity contribution in [3.63, 3.8) is 0 Å². The first kappa shape index (κ1) is 22.9. The molecule has 7 nitrogen and oxygen atoms in total. The Balaban J connectivity index is 1.25. The number of benzene rings is 1. The average molecular weight is 444 g/mol. The Labute approximate surface area is 191 Å². The van der Waals surface area contributed by atoms with E-state index in [1.807, 2.05) is 23.1 Å². The Hall–Kier alpha value is -2.28. The van der Waals surface area contributed by atoms with E-state index >= 15 is 0 Å². The van der Waals surface area contributed by atoms with Gasteiger partial charge in [-0.15, -0.1) is 0 Å². The number of fused-ring (bicyclic) bond motifs is 1. The summed E-state index contributed by atoms with van der Waals surface area (Å²) in [7, 11) is 3.24. The largest absolute Gasteiger partial charge is 0.493 e. The van der Waals surface area contributed by atoms with Crippen molar-refractivity contribution in [2.24, 2.45) is 11.8 Å². The van der Waals surface area contributed by atoms with Crippen LogP contribution in [0, 0.1) is 11.8 Å². The van der Waals surface area contributed by atoms with Crippen molar-refractivity contribution >= 4 is 11.8 Å². The molecule has 3 aliphatic rings. The molecule has 3 aliphatic heterocycles. The first-order valence-electron chi connectivity index (χ1n) is 12.1. The summed E-state index contributed by atoms with van der Waals surface area (Å²) in [5, 5.41) is 3.20. The molecule has 176 valence electrons. The van der Waals surface area contributed by atoms with Crippen LogP contribution in [-0.2, 0) is 16.0 Å². The highest BCUT2D eigenvalue weighted by Crippen LogP contribution is 2.31. The lowest BCUT2D eigenvalue weighted by atomic mass is 9.83. The number of piperidine rings is 2. The van der Waals surface area contributed by atoms with Gasteiger partial charge >= 0.3 is 0 Å². The highest BCUT2D eigenvalue weighted by atomic mass is 16.5. The van der Waals surface area contributed by atoms with Crippen LogP contribution < -0.4 is 14.8 Å². The molecule has 0 spiro atoms. The summed E-state index contributed by atoms with van der Waals surface area (Å²) in [5.74, 6) is 1.81. The molecule has 1 N–H and O–H groups in total. The molecular formula is C25H37N3O4. The molecule has 0 unspecified atom stereocenters. The Morgan fingerprint density at radius 1 is 1.09 bits per heavy atom. The Kier molecular flexibility index (Phi) is 7.55. The second-order valence-electron chi connectivity index (χ2n) is 9.43. The van der Waals surface area contributed by atoms with Gasteiger partial charge in [0.1, 0.15) is 0 Å².